The van der Waals surface area contributed by atoms with Crippen LogP contribution in [0.4, 0.5) is 0 Å². The maximum atomic E-state index is 10.3. The molecule has 0 spiro atoms. The maximum absolute atomic E-state index is 10.3. The molecule has 0 aliphatic heterocycles. The zero-order chi connectivity index (χ0) is 7.11. The van der Waals surface area contributed by atoms with E-state index in [1.807, 2.05) is 0 Å². The summed E-state index contributed by atoms with van der Waals surface area (Å²) in [7, 11) is 0. The number of carbonyl (C=O) groups is 1. The normalized spacial score (nSPS) is 9.11. The molecule has 9 heavy (non-hydrogen) atoms. The summed E-state index contributed by atoms with van der Waals surface area (Å²) >= 11 is 0. The predicted molar refractivity (Wildman–Crippen MR) is 34.1 cm³/mol. The lowest BCUT2D eigenvalue weighted by Crippen LogP contribution is -2.17. The molecule has 1 amide bonds. The van der Waals surface area contributed by atoms with Crippen molar-refractivity contribution in [1.82, 2.24) is 5.48 Å². The molecular formula is C6H13NO2. The van der Waals surface area contributed by atoms with Crippen LogP contribution in [0.15, 0.2) is 0 Å². The van der Waals surface area contributed by atoms with Gasteiger partial charge in [-0.3, -0.25) is 10.0 Å². The van der Waals surface area contributed by atoms with Crippen LogP contribution >= 0.6 is 0 Å². The van der Waals surface area contributed by atoms with Gasteiger partial charge in [0.2, 0.25) is 5.91 Å². The third kappa shape index (κ3) is 5.30. The van der Waals surface area contributed by atoms with Crippen LogP contribution in [0.25, 0.3) is 0 Å². The summed E-state index contributed by atoms with van der Waals surface area (Å²) in [6, 6.07) is 0. The van der Waals surface area contributed by atoms with Gasteiger partial charge in [-0.05, 0) is 6.42 Å². The van der Waals surface area contributed by atoms with Gasteiger partial charge in [0.15, 0.2) is 0 Å². The minimum absolute atomic E-state index is 0.288. The molecule has 0 aliphatic rings. The fourth-order valence-electron chi connectivity index (χ4n) is 0.591. The zero-order valence-electron chi connectivity index (χ0n) is 5.68. The fraction of sp³-hybridized carbons (Fsp3) is 0.833. The largest absolute Gasteiger partial charge is 0.289 e. The lowest BCUT2D eigenvalue weighted by molar-refractivity contribution is -0.129. The van der Waals surface area contributed by atoms with E-state index in [1.54, 1.807) is 5.48 Å². The second-order valence-electron chi connectivity index (χ2n) is 1.99. The highest BCUT2D eigenvalue weighted by Gasteiger charge is 1.95. The fourth-order valence-corrected chi connectivity index (χ4v) is 0.591. The van der Waals surface area contributed by atoms with Gasteiger partial charge in [0.1, 0.15) is 0 Å². The Morgan fingerprint density at radius 3 is 2.67 bits per heavy atom. The van der Waals surface area contributed by atoms with Gasteiger partial charge < -0.3 is 0 Å². The number of rotatable bonds is 4. The molecule has 0 aromatic heterocycles. The van der Waals surface area contributed by atoms with Crippen molar-refractivity contribution in [1.29, 1.82) is 0 Å². The van der Waals surface area contributed by atoms with E-state index in [0.29, 0.717) is 6.42 Å². The number of carbonyl (C=O) groups excluding carboxylic acids is 1. The van der Waals surface area contributed by atoms with Gasteiger partial charge in [0, 0.05) is 6.42 Å². The summed E-state index contributed by atoms with van der Waals surface area (Å²) in [5, 5.41) is 8.03. The highest BCUT2D eigenvalue weighted by atomic mass is 16.5. The van der Waals surface area contributed by atoms with E-state index in [-0.39, 0.29) is 5.91 Å². The van der Waals surface area contributed by atoms with Crippen molar-refractivity contribution in [2.45, 2.75) is 32.6 Å². The number of hydrogen-bond acceptors (Lipinski definition) is 2. The number of unbranched alkanes of at least 4 members (excludes halogenated alkanes) is 2. The van der Waals surface area contributed by atoms with Crippen LogP contribution in [-0.2, 0) is 4.79 Å². The molecule has 0 aromatic rings. The van der Waals surface area contributed by atoms with Crippen LogP contribution in [0.1, 0.15) is 32.6 Å². The Bertz CT molecular complexity index is 83.1. The predicted octanol–water partition coefficient (Wildman–Crippen LogP) is 1.07. The summed E-state index contributed by atoms with van der Waals surface area (Å²) in [5.74, 6) is -0.288. The van der Waals surface area contributed by atoms with Crippen LogP contribution in [0, 0.1) is 0 Å². The molecule has 0 fully saturated rings. The standard InChI is InChI=1S/C6H13NO2/c1-2-3-4-5-6(8)7-9/h9H,2-5H2,1H3,(H,7,8). The van der Waals surface area contributed by atoms with Gasteiger partial charge >= 0.3 is 0 Å². The summed E-state index contributed by atoms with van der Waals surface area (Å²) in [6.45, 7) is 2.07. The molecule has 54 valence electrons. The Labute approximate surface area is 55.0 Å². The number of amides is 1. The molecule has 0 saturated heterocycles. The number of hydroxylamine groups is 1. The molecule has 0 saturated carbocycles. The Hall–Kier alpha value is -0.570. The molecule has 0 heterocycles. The average molecular weight is 131 g/mol. The van der Waals surface area contributed by atoms with E-state index >= 15 is 0 Å². The Kier molecular flexibility index (Phi) is 5.21. The van der Waals surface area contributed by atoms with Crippen molar-refractivity contribution in [3.63, 3.8) is 0 Å². The first-order valence-electron chi connectivity index (χ1n) is 3.24. The van der Waals surface area contributed by atoms with Crippen molar-refractivity contribution in [3.05, 3.63) is 0 Å². The first-order chi connectivity index (χ1) is 4.31. The van der Waals surface area contributed by atoms with Crippen LogP contribution in [0.3, 0.4) is 0 Å². The van der Waals surface area contributed by atoms with Gasteiger partial charge in [-0.25, -0.2) is 5.48 Å². The summed E-state index contributed by atoms with van der Waals surface area (Å²) in [6.07, 6.45) is 3.44. The highest BCUT2D eigenvalue weighted by molar-refractivity contribution is 5.74. The van der Waals surface area contributed by atoms with Crippen molar-refractivity contribution in [3.8, 4) is 0 Å². The van der Waals surface area contributed by atoms with E-state index in [9.17, 15) is 4.79 Å². The third-order valence-corrected chi connectivity index (χ3v) is 1.13. The number of hydrogen-bond donors (Lipinski definition) is 2. The molecule has 0 unspecified atom stereocenters. The van der Waals surface area contributed by atoms with Crippen molar-refractivity contribution in [2.24, 2.45) is 0 Å². The minimum atomic E-state index is -0.288. The summed E-state index contributed by atoms with van der Waals surface area (Å²) in [5.41, 5.74) is 1.58. The first-order valence-corrected chi connectivity index (χ1v) is 3.24. The zero-order valence-corrected chi connectivity index (χ0v) is 5.68. The second-order valence-corrected chi connectivity index (χ2v) is 1.99. The highest BCUT2D eigenvalue weighted by Crippen LogP contribution is 1.97. The van der Waals surface area contributed by atoms with Crippen molar-refractivity contribution in [2.75, 3.05) is 0 Å². The Morgan fingerprint density at radius 1 is 1.56 bits per heavy atom. The molecule has 2 N–H and O–H groups in total. The van der Waals surface area contributed by atoms with E-state index < -0.39 is 0 Å². The van der Waals surface area contributed by atoms with Crippen molar-refractivity contribution < 1.29 is 10.0 Å². The second kappa shape index (κ2) is 5.56. The molecule has 0 aliphatic carbocycles. The molecule has 0 radical (unpaired) electrons. The van der Waals surface area contributed by atoms with Gasteiger partial charge in [0.05, 0.1) is 0 Å². The molecule has 0 rings (SSSR count). The van der Waals surface area contributed by atoms with Gasteiger partial charge in [-0.15, -0.1) is 0 Å². The molecule has 3 heteroatoms. The van der Waals surface area contributed by atoms with E-state index in [0.717, 1.165) is 19.3 Å². The molecule has 3 nitrogen and oxygen atoms in total. The topological polar surface area (TPSA) is 49.3 Å². The Morgan fingerprint density at radius 2 is 2.22 bits per heavy atom. The van der Waals surface area contributed by atoms with E-state index in [1.165, 1.54) is 0 Å². The third-order valence-electron chi connectivity index (χ3n) is 1.13. The van der Waals surface area contributed by atoms with Crippen LogP contribution in [0.2, 0.25) is 0 Å². The average Bonchev–Trinajstić information content (AvgIpc) is 1.89. The Balaban J connectivity index is 2.97. The molecular weight excluding hydrogens is 118 g/mol. The molecule has 0 bridgehead atoms. The molecule has 0 atom stereocenters. The molecule has 0 aromatic carbocycles. The van der Waals surface area contributed by atoms with Crippen LogP contribution < -0.4 is 5.48 Å². The van der Waals surface area contributed by atoms with Crippen LogP contribution in [0.5, 0.6) is 0 Å². The SMILES string of the molecule is CCCCCC(=O)NO. The summed E-state index contributed by atoms with van der Waals surface area (Å²) < 4.78 is 0. The maximum Gasteiger partial charge on any atom is 0.243 e. The van der Waals surface area contributed by atoms with Gasteiger partial charge in [-0.1, -0.05) is 19.8 Å². The lowest BCUT2D eigenvalue weighted by Gasteiger charge is -1.95. The first kappa shape index (κ1) is 8.43. The van der Waals surface area contributed by atoms with E-state index in [2.05, 4.69) is 6.92 Å². The minimum Gasteiger partial charge on any atom is -0.289 e. The number of nitrogens with one attached hydrogen (secondary N) is 1. The van der Waals surface area contributed by atoms with Gasteiger partial charge in [0.25, 0.3) is 0 Å². The van der Waals surface area contributed by atoms with Gasteiger partial charge in [-0.2, -0.15) is 0 Å². The summed E-state index contributed by atoms with van der Waals surface area (Å²) in [4.78, 5) is 10.3. The smallest absolute Gasteiger partial charge is 0.243 e. The van der Waals surface area contributed by atoms with Crippen molar-refractivity contribution >= 4 is 5.91 Å². The lowest BCUT2D eigenvalue weighted by atomic mass is 10.2. The van der Waals surface area contributed by atoms with E-state index in [4.69, 9.17) is 5.21 Å². The van der Waals surface area contributed by atoms with Crippen LogP contribution in [-0.4, -0.2) is 11.1 Å². The monoisotopic (exact) mass is 131 g/mol. The quantitative estimate of drug-likeness (QED) is 0.340.